The van der Waals surface area contributed by atoms with Gasteiger partial charge in [0.1, 0.15) is 5.76 Å². The summed E-state index contributed by atoms with van der Waals surface area (Å²) in [5.74, 6) is 3.53. The Morgan fingerprint density at radius 2 is 2.50 bits per heavy atom. The molecule has 0 aromatic rings. The monoisotopic (exact) mass is 218 g/mol. The SMILES string of the molecule is CC1CC2C(=C(Cl)C=CC2(F)NN)O1. The first-order chi connectivity index (χ1) is 6.57. The zero-order valence-electron chi connectivity index (χ0n) is 7.76. The van der Waals surface area contributed by atoms with E-state index < -0.39 is 11.7 Å². The molecule has 5 heteroatoms. The van der Waals surface area contributed by atoms with Gasteiger partial charge < -0.3 is 4.74 Å². The molecule has 1 saturated heterocycles. The molecule has 2 aliphatic rings. The summed E-state index contributed by atoms with van der Waals surface area (Å²) in [5.41, 5.74) is 2.17. The van der Waals surface area contributed by atoms with E-state index in [0.29, 0.717) is 17.2 Å². The highest BCUT2D eigenvalue weighted by Gasteiger charge is 2.47. The molecule has 0 aromatic carbocycles. The van der Waals surface area contributed by atoms with Crippen molar-refractivity contribution in [2.24, 2.45) is 11.8 Å². The molecule has 3 nitrogen and oxygen atoms in total. The Morgan fingerprint density at radius 3 is 3.14 bits per heavy atom. The smallest absolute Gasteiger partial charge is 0.202 e. The molecular formula is C9H12ClFN2O. The second-order valence-electron chi connectivity index (χ2n) is 3.67. The van der Waals surface area contributed by atoms with E-state index in [4.69, 9.17) is 22.2 Å². The molecule has 3 N–H and O–H groups in total. The van der Waals surface area contributed by atoms with E-state index in [2.05, 4.69) is 5.43 Å². The second kappa shape index (κ2) is 3.22. The van der Waals surface area contributed by atoms with Crippen molar-refractivity contribution >= 4 is 11.6 Å². The largest absolute Gasteiger partial charge is 0.493 e. The number of hydrogen-bond acceptors (Lipinski definition) is 3. The first-order valence-electron chi connectivity index (χ1n) is 4.49. The van der Waals surface area contributed by atoms with Gasteiger partial charge in [-0.25, -0.2) is 9.82 Å². The summed E-state index contributed by atoms with van der Waals surface area (Å²) in [4.78, 5) is 0. The molecule has 3 atom stereocenters. The van der Waals surface area contributed by atoms with Gasteiger partial charge in [0.25, 0.3) is 0 Å². The molecule has 78 valence electrons. The van der Waals surface area contributed by atoms with Gasteiger partial charge in [-0.1, -0.05) is 11.6 Å². The zero-order valence-corrected chi connectivity index (χ0v) is 8.51. The molecule has 0 bridgehead atoms. The summed E-state index contributed by atoms with van der Waals surface area (Å²) < 4.78 is 19.5. The van der Waals surface area contributed by atoms with Crippen molar-refractivity contribution in [2.45, 2.75) is 25.2 Å². The molecular weight excluding hydrogens is 207 g/mol. The van der Waals surface area contributed by atoms with Crippen molar-refractivity contribution in [1.82, 2.24) is 5.43 Å². The van der Waals surface area contributed by atoms with E-state index in [1.807, 2.05) is 6.92 Å². The van der Waals surface area contributed by atoms with Gasteiger partial charge in [-0.05, 0) is 25.5 Å². The summed E-state index contributed by atoms with van der Waals surface area (Å²) in [6, 6.07) is 0. The first-order valence-corrected chi connectivity index (χ1v) is 4.87. The summed E-state index contributed by atoms with van der Waals surface area (Å²) in [6.07, 6.45) is 3.37. The summed E-state index contributed by atoms with van der Waals surface area (Å²) >= 11 is 5.90. The Morgan fingerprint density at radius 1 is 1.79 bits per heavy atom. The predicted octanol–water partition coefficient (Wildman–Crippen LogP) is 1.56. The minimum absolute atomic E-state index is 0.0212. The lowest BCUT2D eigenvalue weighted by Crippen LogP contribution is -2.50. The molecule has 0 saturated carbocycles. The number of fused-ring (bicyclic) bond motifs is 1. The maximum atomic E-state index is 14.1. The molecule has 1 aliphatic carbocycles. The standard InChI is InChI=1S/C9H12ClFN2O/c1-5-4-6-8(14-5)7(10)2-3-9(6,11)13-12/h2-3,5-6,13H,4,12H2,1H3. The van der Waals surface area contributed by atoms with Gasteiger partial charge in [-0.2, -0.15) is 0 Å². The van der Waals surface area contributed by atoms with Crippen LogP contribution in [0.2, 0.25) is 0 Å². The second-order valence-corrected chi connectivity index (χ2v) is 4.08. The average molecular weight is 219 g/mol. The van der Waals surface area contributed by atoms with Crippen molar-refractivity contribution < 1.29 is 9.13 Å². The van der Waals surface area contributed by atoms with Crippen LogP contribution in [0.3, 0.4) is 0 Å². The third-order valence-corrected chi connectivity index (χ3v) is 2.96. The number of halogens is 2. The normalized spacial score (nSPS) is 41.1. The van der Waals surface area contributed by atoms with Crippen LogP contribution in [0.25, 0.3) is 0 Å². The van der Waals surface area contributed by atoms with Gasteiger partial charge in [0.05, 0.1) is 17.1 Å². The van der Waals surface area contributed by atoms with Crippen LogP contribution in [0.4, 0.5) is 4.39 Å². The summed E-state index contributed by atoms with van der Waals surface area (Å²) in [5, 5.41) is 0.461. The lowest BCUT2D eigenvalue weighted by atomic mass is 9.89. The minimum Gasteiger partial charge on any atom is -0.493 e. The molecule has 3 unspecified atom stereocenters. The Bertz CT molecular complexity index is 318. The van der Waals surface area contributed by atoms with Crippen molar-refractivity contribution in [3.8, 4) is 0 Å². The number of ether oxygens (including phenoxy) is 1. The van der Waals surface area contributed by atoms with E-state index in [1.165, 1.54) is 12.2 Å². The van der Waals surface area contributed by atoms with Gasteiger partial charge in [-0.15, -0.1) is 0 Å². The van der Waals surface area contributed by atoms with Crippen LogP contribution in [0.1, 0.15) is 13.3 Å². The third kappa shape index (κ3) is 1.34. The molecule has 0 radical (unpaired) electrons. The number of allylic oxidation sites excluding steroid dienone is 2. The van der Waals surface area contributed by atoms with Gasteiger partial charge in [0.15, 0.2) is 0 Å². The fraction of sp³-hybridized carbons (Fsp3) is 0.556. The highest BCUT2D eigenvalue weighted by atomic mass is 35.5. The Hall–Kier alpha value is -0.580. The topological polar surface area (TPSA) is 47.3 Å². The van der Waals surface area contributed by atoms with E-state index in [0.717, 1.165) is 0 Å². The molecule has 0 spiro atoms. The van der Waals surface area contributed by atoms with Gasteiger partial charge in [0, 0.05) is 0 Å². The third-order valence-electron chi connectivity index (χ3n) is 2.65. The van der Waals surface area contributed by atoms with Crippen LogP contribution in [-0.2, 0) is 4.74 Å². The minimum atomic E-state index is -1.74. The van der Waals surface area contributed by atoms with Crippen LogP contribution in [0.5, 0.6) is 0 Å². The number of alkyl halides is 1. The number of rotatable bonds is 1. The Kier molecular flexibility index (Phi) is 2.29. The van der Waals surface area contributed by atoms with Crippen molar-refractivity contribution in [3.05, 3.63) is 22.9 Å². The van der Waals surface area contributed by atoms with Gasteiger partial charge >= 0.3 is 0 Å². The van der Waals surface area contributed by atoms with Crippen LogP contribution in [-0.4, -0.2) is 11.9 Å². The van der Waals surface area contributed by atoms with Crippen molar-refractivity contribution in [2.75, 3.05) is 0 Å². The summed E-state index contributed by atoms with van der Waals surface area (Å²) in [7, 11) is 0. The Balaban J connectivity index is 2.37. The Labute approximate surface area is 86.7 Å². The number of hydrazine groups is 1. The lowest BCUT2D eigenvalue weighted by molar-refractivity contribution is 0.106. The molecule has 1 heterocycles. The summed E-state index contributed by atoms with van der Waals surface area (Å²) in [6.45, 7) is 1.88. The van der Waals surface area contributed by atoms with E-state index in [-0.39, 0.29) is 6.10 Å². The van der Waals surface area contributed by atoms with Crippen LogP contribution >= 0.6 is 11.6 Å². The molecule has 2 rings (SSSR count). The van der Waals surface area contributed by atoms with E-state index in [9.17, 15) is 4.39 Å². The van der Waals surface area contributed by atoms with Gasteiger partial charge in [-0.3, -0.25) is 5.84 Å². The average Bonchev–Trinajstić information content (AvgIpc) is 2.56. The van der Waals surface area contributed by atoms with Gasteiger partial charge in [0.2, 0.25) is 5.79 Å². The lowest BCUT2D eigenvalue weighted by Gasteiger charge is -2.29. The molecule has 0 aromatic heterocycles. The molecule has 1 aliphatic heterocycles. The fourth-order valence-corrected chi connectivity index (χ4v) is 2.15. The first kappa shape index (κ1) is 9.96. The number of nitrogens with two attached hydrogens (primary N) is 1. The molecule has 14 heavy (non-hydrogen) atoms. The van der Waals surface area contributed by atoms with Crippen LogP contribution in [0, 0.1) is 5.92 Å². The predicted molar refractivity (Wildman–Crippen MR) is 51.8 cm³/mol. The van der Waals surface area contributed by atoms with Crippen LogP contribution < -0.4 is 11.3 Å². The highest BCUT2D eigenvalue weighted by Crippen LogP contribution is 2.44. The number of nitrogens with one attached hydrogen (secondary N) is 1. The maximum Gasteiger partial charge on any atom is 0.202 e. The molecule has 1 fully saturated rings. The quantitative estimate of drug-likeness (QED) is 0.399. The van der Waals surface area contributed by atoms with Crippen molar-refractivity contribution in [3.63, 3.8) is 0 Å². The zero-order chi connectivity index (χ0) is 10.3. The van der Waals surface area contributed by atoms with Crippen molar-refractivity contribution in [1.29, 1.82) is 0 Å². The highest BCUT2D eigenvalue weighted by molar-refractivity contribution is 6.31. The van der Waals surface area contributed by atoms with Crippen LogP contribution in [0.15, 0.2) is 22.9 Å². The van der Waals surface area contributed by atoms with E-state index >= 15 is 0 Å². The van der Waals surface area contributed by atoms with E-state index in [1.54, 1.807) is 0 Å². The number of hydrogen-bond donors (Lipinski definition) is 2. The fourth-order valence-electron chi connectivity index (χ4n) is 1.91. The molecule has 0 amide bonds. The maximum absolute atomic E-state index is 14.1.